The fraction of sp³-hybridized carbons (Fsp3) is 0.385. The van der Waals surface area contributed by atoms with E-state index in [4.69, 9.17) is 4.74 Å². The van der Waals surface area contributed by atoms with Crippen LogP contribution in [-0.4, -0.2) is 44.4 Å². The molecule has 0 bridgehead atoms. The highest BCUT2D eigenvalue weighted by Gasteiger charge is 2.25. The van der Waals surface area contributed by atoms with Crippen LogP contribution in [-0.2, 0) is 14.3 Å². The van der Waals surface area contributed by atoms with Gasteiger partial charge in [0.2, 0.25) is 11.8 Å². The number of carbonyl (C=O) groups is 2. The second-order valence-electron chi connectivity index (χ2n) is 4.08. The fourth-order valence-electron chi connectivity index (χ4n) is 1.82. The van der Waals surface area contributed by atoms with Crippen molar-refractivity contribution in [2.75, 3.05) is 37.5 Å². The topological polar surface area (TPSA) is 58.6 Å². The molecule has 2 rings (SSSR count). The molecule has 6 heteroatoms. The van der Waals surface area contributed by atoms with Crippen molar-refractivity contribution in [3.8, 4) is 0 Å². The minimum Gasteiger partial charge on any atom is -0.383 e. The molecule has 0 saturated carbocycles. The third kappa shape index (κ3) is 3.48. The third-order valence-corrected chi connectivity index (χ3v) is 3.79. The largest absolute Gasteiger partial charge is 0.383 e. The molecule has 1 aromatic carbocycles. The summed E-state index contributed by atoms with van der Waals surface area (Å²) in [4.78, 5) is 26.3. The average Bonchev–Trinajstić information content (AvgIpc) is 2.42. The molecule has 0 unspecified atom stereocenters. The number of ether oxygens (including phenoxy) is 1. The number of anilines is 1. The van der Waals surface area contributed by atoms with E-state index in [2.05, 4.69) is 5.32 Å². The molecule has 0 aromatic heterocycles. The van der Waals surface area contributed by atoms with Crippen LogP contribution in [0.2, 0.25) is 0 Å². The van der Waals surface area contributed by atoms with Crippen LogP contribution in [0.1, 0.15) is 0 Å². The molecule has 0 saturated heterocycles. The van der Waals surface area contributed by atoms with Gasteiger partial charge in [0.25, 0.3) is 0 Å². The summed E-state index contributed by atoms with van der Waals surface area (Å²) in [5.41, 5.74) is 0.811. The van der Waals surface area contributed by atoms with Crippen molar-refractivity contribution in [1.29, 1.82) is 0 Å². The molecule has 1 heterocycles. The number of hydrogen-bond acceptors (Lipinski definition) is 4. The van der Waals surface area contributed by atoms with Gasteiger partial charge in [0.05, 0.1) is 18.0 Å². The quantitative estimate of drug-likeness (QED) is 0.814. The van der Waals surface area contributed by atoms with Crippen LogP contribution < -0.4 is 10.2 Å². The Morgan fingerprint density at radius 1 is 1.47 bits per heavy atom. The molecular formula is C13H16N2O3S. The number of fused-ring (bicyclic) bond motifs is 1. The van der Waals surface area contributed by atoms with Crippen molar-refractivity contribution in [2.45, 2.75) is 4.90 Å². The maximum atomic E-state index is 11.9. The third-order valence-electron chi connectivity index (χ3n) is 2.74. The Bertz CT molecular complexity index is 479. The Balaban J connectivity index is 2.03. The minimum atomic E-state index is -0.174. The summed E-state index contributed by atoms with van der Waals surface area (Å²) in [6.07, 6.45) is 0. The Labute approximate surface area is 116 Å². The van der Waals surface area contributed by atoms with Gasteiger partial charge >= 0.3 is 0 Å². The van der Waals surface area contributed by atoms with Crippen molar-refractivity contribution >= 4 is 29.3 Å². The Morgan fingerprint density at radius 3 is 3.05 bits per heavy atom. The molecular weight excluding hydrogens is 264 g/mol. The van der Waals surface area contributed by atoms with Crippen LogP contribution in [0, 0.1) is 0 Å². The maximum Gasteiger partial charge on any atom is 0.240 e. The van der Waals surface area contributed by atoms with Gasteiger partial charge in [0, 0.05) is 18.6 Å². The van der Waals surface area contributed by atoms with Crippen LogP contribution >= 0.6 is 11.8 Å². The summed E-state index contributed by atoms with van der Waals surface area (Å²) in [7, 11) is 1.58. The normalized spacial score (nSPS) is 14.2. The Kier molecular flexibility index (Phi) is 4.81. The summed E-state index contributed by atoms with van der Waals surface area (Å²) < 4.78 is 4.86. The summed E-state index contributed by atoms with van der Waals surface area (Å²) in [6, 6.07) is 7.62. The molecule has 0 fully saturated rings. The van der Waals surface area contributed by atoms with E-state index in [-0.39, 0.29) is 18.4 Å². The zero-order valence-corrected chi connectivity index (χ0v) is 11.5. The fourth-order valence-corrected chi connectivity index (χ4v) is 2.76. The van der Waals surface area contributed by atoms with Gasteiger partial charge < -0.3 is 15.0 Å². The van der Waals surface area contributed by atoms with Gasteiger partial charge in [-0.15, -0.1) is 11.8 Å². The average molecular weight is 280 g/mol. The monoisotopic (exact) mass is 280 g/mol. The number of methoxy groups -OCH3 is 1. The predicted molar refractivity (Wildman–Crippen MR) is 74.4 cm³/mol. The maximum absolute atomic E-state index is 11.9. The van der Waals surface area contributed by atoms with Gasteiger partial charge in [-0.2, -0.15) is 0 Å². The zero-order valence-electron chi connectivity index (χ0n) is 10.7. The van der Waals surface area contributed by atoms with Gasteiger partial charge in [-0.25, -0.2) is 0 Å². The first-order valence-corrected chi connectivity index (χ1v) is 6.99. The SMILES string of the molecule is COCCNC(=O)CN1C(=O)CSc2ccccc21. The highest BCUT2D eigenvalue weighted by molar-refractivity contribution is 8.00. The first-order chi connectivity index (χ1) is 9.22. The lowest BCUT2D eigenvalue weighted by Gasteiger charge is -2.28. The number of nitrogens with zero attached hydrogens (tertiary/aromatic N) is 1. The van der Waals surface area contributed by atoms with Crippen molar-refractivity contribution in [2.24, 2.45) is 0 Å². The molecule has 0 radical (unpaired) electrons. The van der Waals surface area contributed by atoms with E-state index in [1.54, 1.807) is 7.11 Å². The first kappa shape index (κ1) is 13.9. The van der Waals surface area contributed by atoms with E-state index in [1.165, 1.54) is 16.7 Å². The number of benzene rings is 1. The molecule has 1 aliphatic heterocycles. The number of carbonyl (C=O) groups excluding carboxylic acids is 2. The number of thioether (sulfide) groups is 1. The van der Waals surface area contributed by atoms with E-state index < -0.39 is 0 Å². The molecule has 0 aliphatic carbocycles. The molecule has 0 atom stereocenters. The molecule has 19 heavy (non-hydrogen) atoms. The number of hydrogen-bond donors (Lipinski definition) is 1. The summed E-state index contributed by atoms with van der Waals surface area (Å²) in [6.45, 7) is 0.972. The molecule has 5 nitrogen and oxygen atoms in total. The van der Waals surface area contributed by atoms with E-state index in [9.17, 15) is 9.59 Å². The molecule has 1 N–H and O–H groups in total. The van der Waals surface area contributed by atoms with E-state index in [0.29, 0.717) is 18.9 Å². The number of para-hydroxylation sites is 1. The van der Waals surface area contributed by atoms with Crippen molar-refractivity contribution in [3.05, 3.63) is 24.3 Å². The van der Waals surface area contributed by atoms with Crippen LogP contribution in [0.4, 0.5) is 5.69 Å². The van der Waals surface area contributed by atoms with Gasteiger partial charge in [0.1, 0.15) is 6.54 Å². The molecule has 102 valence electrons. The summed E-state index contributed by atoms with van der Waals surface area (Å²) in [5, 5.41) is 2.72. The van der Waals surface area contributed by atoms with Crippen molar-refractivity contribution in [1.82, 2.24) is 5.32 Å². The molecule has 1 aromatic rings. The highest BCUT2D eigenvalue weighted by atomic mass is 32.2. The zero-order chi connectivity index (χ0) is 13.7. The number of nitrogens with one attached hydrogen (secondary N) is 1. The molecule has 1 aliphatic rings. The Morgan fingerprint density at radius 2 is 2.26 bits per heavy atom. The first-order valence-electron chi connectivity index (χ1n) is 6.00. The van der Waals surface area contributed by atoms with Gasteiger partial charge in [-0.1, -0.05) is 12.1 Å². The van der Waals surface area contributed by atoms with E-state index >= 15 is 0 Å². The lowest BCUT2D eigenvalue weighted by molar-refractivity contribution is -0.123. The second-order valence-corrected chi connectivity index (χ2v) is 5.10. The second kappa shape index (κ2) is 6.58. The van der Waals surface area contributed by atoms with Crippen molar-refractivity contribution < 1.29 is 14.3 Å². The van der Waals surface area contributed by atoms with Gasteiger partial charge in [-0.05, 0) is 12.1 Å². The van der Waals surface area contributed by atoms with E-state index in [1.807, 2.05) is 24.3 Å². The smallest absolute Gasteiger partial charge is 0.240 e. The summed E-state index contributed by atoms with van der Waals surface area (Å²) in [5.74, 6) is 0.167. The number of rotatable bonds is 5. The molecule has 0 spiro atoms. The summed E-state index contributed by atoms with van der Waals surface area (Å²) >= 11 is 1.51. The van der Waals surface area contributed by atoms with Crippen molar-refractivity contribution in [3.63, 3.8) is 0 Å². The number of amides is 2. The van der Waals surface area contributed by atoms with Crippen LogP contribution in [0.5, 0.6) is 0 Å². The van der Waals surface area contributed by atoms with Crippen LogP contribution in [0.15, 0.2) is 29.2 Å². The van der Waals surface area contributed by atoms with Crippen LogP contribution in [0.25, 0.3) is 0 Å². The minimum absolute atomic E-state index is 0.0365. The molecule has 2 amide bonds. The van der Waals surface area contributed by atoms with E-state index in [0.717, 1.165) is 10.6 Å². The lowest BCUT2D eigenvalue weighted by atomic mass is 10.2. The standard InChI is InChI=1S/C13H16N2O3S/c1-18-7-6-14-12(16)8-15-10-4-2-3-5-11(10)19-9-13(15)17/h2-5H,6-9H2,1H3,(H,14,16). The lowest BCUT2D eigenvalue weighted by Crippen LogP contribution is -2.43. The highest BCUT2D eigenvalue weighted by Crippen LogP contribution is 2.34. The predicted octanol–water partition coefficient (Wildman–Crippen LogP) is 0.888. The van der Waals surface area contributed by atoms with Gasteiger partial charge in [-0.3, -0.25) is 9.59 Å². The van der Waals surface area contributed by atoms with Gasteiger partial charge in [0.15, 0.2) is 0 Å². The Hall–Kier alpha value is -1.53. The van der Waals surface area contributed by atoms with Crippen LogP contribution in [0.3, 0.4) is 0 Å².